The standard InChI is InChI=1S/C28H21ClN2O3S/c29-23-14-8-7-13-22(23)26-16-15-21(35-26)17-24(31-27(33)20-11-5-2-6-12-20)28(34)30-18-25(32)19-9-3-1-4-10-19/h1-17H,18H2,(H,30,34)(H,31,33). The van der Waals surface area contributed by atoms with Gasteiger partial charge in [0.25, 0.3) is 11.8 Å². The van der Waals surface area contributed by atoms with Gasteiger partial charge < -0.3 is 10.6 Å². The van der Waals surface area contributed by atoms with E-state index in [1.807, 2.05) is 42.5 Å². The summed E-state index contributed by atoms with van der Waals surface area (Å²) in [6.07, 6.45) is 1.59. The van der Waals surface area contributed by atoms with Crippen LogP contribution in [0.3, 0.4) is 0 Å². The number of Topliss-reactive ketones (excluding diaryl/α,β-unsaturated/α-hetero) is 1. The Balaban J connectivity index is 1.57. The molecule has 4 aromatic rings. The third-order valence-electron chi connectivity index (χ3n) is 5.09. The predicted octanol–water partition coefficient (Wildman–Crippen LogP) is 5.84. The van der Waals surface area contributed by atoms with Crippen molar-refractivity contribution in [2.24, 2.45) is 0 Å². The topological polar surface area (TPSA) is 75.3 Å². The molecule has 1 heterocycles. The summed E-state index contributed by atoms with van der Waals surface area (Å²) < 4.78 is 0. The van der Waals surface area contributed by atoms with E-state index in [9.17, 15) is 14.4 Å². The maximum absolute atomic E-state index is 13.0. The third-order valence-corrected chi connectivity index (χ3v) is 6.48. The van der Waals surface area contributed by atoms with Gasteiger partial charge in [0.15, 0.2) is 5.78 Å². The highest BCUT2D eigenvalue weighted by molar-refractivity contribution is 7.16. The summed E-state index contributed by atoms with van der Waals surface area (Å²) in [5.41, 5.74) is 1.82. The van der Waals surface area contributed by atoms with E-state index < -0.39 is 11.8 Å². The van der Waals surface area contributed by atoms with Crippen LogP contribution in [0.15, 0.2) is 103 Å². The van der Waals surface area contributed by atoms with Gasteiger partial charge in [-0.3, -0.25) is 14.4 Å². The molecule has 2 N–H and O–H groups in total. The maximum atomic E-state index is 13.0. The van der Waals surface area contributed by atoms with Crippen molar-refractivity contribution in [2.75, 3.05) is 6.54 Å². The fourth-order valence-electron chi connectivity index (χ4n) is 3.30. The predicted molar refractivity (Wildman–Crippen MR) is 140 cm³/mol. The molecule has 0 saturated carbocycles. The molecule has 0 fully saturated rings. The average molecular weight is 501 g/mol. The van der Waals surface area contributed by atoms with Crippen molar-refractivity contribution >= 4 is 46.6 Å². The lowest BCUT2D eigenvalue weighted by molar-refractivity contribution is -0.117. The summed E-state index contributed by atoms with van der Waals surface area (Å²) in [5, 5.41) is 5.93. The molecule has 0 radical (unpaired) electrons. The first-order valence-electron chi connectivity index (χ1n) is 10.8. The molecule has 0 spiro atoms. The Labute approximate surface area is 212 Å². The molecule has 0 aliphatic heterocycles. The van der Waals surface area contributed by atoms with E-state index in [1.165, 1.54) is 11.3 Å². The summed E-state index contributed by atoms with van der Waals surface area (Å²) in [6, 6.07) is 28.5. The second-order valence-corrected chi connectivity index (χ2v) is 9.05. The molecule has 7 heteroatoms. The number of halogens is 1. The van der Waals surface area contributed by atoms with E-state index in [0.717, 1.165) is 15.3 Å². The number of benzene rings is 3. The summed E-state index contributed by atoms with van der Waals surface area (Å²) in [4.78, 5) is 39.9. The molecule has 5 nitrogen and oxygen atoms in total. The fraction of sp³-hybridized carbons (Fsp3) is 0.0357. The van der Waals surface area contributed by atoms with Crippen LogP contribution in [0.2, 0.25) is 5.02 Å². The number of hydrogen-bond donors (Lipinski definition) is 2. The Morgan fingerprint density at radius 2 is 1.40 bits per heavy atom. The molecule has 2 amide bonds. The highest BCUT2D eigenvalue weighted by Crippen LogP contribution is 2.33. The number of thiophene rings is 1. The van der Waals surface area contributed by atoms with Crippen LogP contribution in [0.25, 0.3) is 16.5 Å². The van der Waals surface area contributed by atoms with Crippen LogP contribution in [0.4, 0.5) is 0 Å². The summed E-state index contributed by atoms with van der Waals surface area (Å²) >= 11 is 7.75. The molecule has 35 heavy (non-hydrogen) atoms. The van der Waals surface area contributed by atoms with Crippen LogP contribution in [-0.4, -0.2) is 24.1 Å². The smallest absolute Gasteiger partial charge is 0.268 e. The van der Waals surface area contributed by atoms with Crippen molar-refractivity contribution in [1.82, 2.24) is 10.6 Å². The number of nitrogens with one attached hydrogen (secondary N) is 2. The van der Waals surface area contributed by atoms with Gasteiger partial charge in [-0.25, -0.2) is 0 Å². The van der Waals surface area contributed by atoms with E-state index in [1.54, 1.807) is 60.7 Å². The SMILES string of the molecule is O=C(NCC(=O)c1ccccc1)C(=Cc1ccc(-c2ccccc2Cl)s1)NC(=O)c1ccccc1. The molecule has 0 aliphatic rings. The molecule has 0 unspecified atom stereocenters. The van der Waals surface area contributed by atoms with E-state index >= 15 is 0 Å². The van der Waals surface area contributed by atoms with Gasteiger partial charge in [-0.1, -0.05) is 78.3 Å². The first kappa shape index (κ1) is 24.1. The van der Waals surface area contributed by atoms with Gasteiger partial charge in [0.2, 0.25) is 0 Å². The minimum absolute atomic E-state index is 0.0345. The number of rotatable bonds is 8. The number of carbonyl (C=O) groups is 3. The number of ketones is 1. The normalized spacial score (nSPS) is 11.1. The second kappa shape index (κ2) is 11.4. The molecular weight excluding hydrogens is 480 g/mol. The van der Waals surface area contributed by atoms with Crippen LogP contribution in [0.1, 0.15) is 25.6 Å². The number of amides is 2. The Hall–Kier alpha value is -4.00. The van der Waals surface area contributed by atoms with E-state index in [4.69, 9.17) is 11.6 Å². The molecule has 4 rings (SSSR count). The van der Waals surface area contributed by atoms with Gasteiger partial charge >= 0.3 is 0 Å². The average Bonchev–Trinajstić information content (AvgIpc) is 3.36. The molecule has 1 aromatic heterocycles. The van der Waals surface area contributed by atoms with E-state index in [-0.39, 0.29) is 18.0 Å². The quantitative estimate of drug-likeness (QED) is 0.236. The number of hydrogen-bond acceptors (Lipinski definition) is 4. The minimum atomic E-state index is -0.564. The van der Waals surface area contributed by atoms with Crippen LogP contribution in [0, 0.1) is 0 Å². The highest BCUT2D eigenvalue weighted by Gasteiger charge is 2.17. The monoisotopic (exact) mass is 500 g/mol. The zero-order chi connectivity index (χ0) is 24.6. The molecule has 174 valence electrons. The molecule has 0 bridgehead atoms. The van der Waals surface area contributed by atoms with Gasteiger partial charge in [-0.15, -0.1) is 11.3 Å². The van der Waals surface area contributed by atoms with Crippen molar-refractivity contribution in [1.29, 1.82) is 0 Å². The van der Waals surface area contributed by atoms with Crippen molar-refractivity contribution < 1.29 is 14.4 Å². The van der Waals surface area contributed by atoms with Crippen molar-refractivity contribution in [3.05, 3.63) is 124 Å². The second-order valence-electron chi connectivity index (χ2n) is 7.53. The third kappa shape index (κ3) is 6.32. The lowest BCUT2D eigenvalue weighted by Crippen LogP contribution is -2.37. The van der Waals surface area contributed by atoms with E-state index in [0.29, 0.717) is 16.1 Å². The molecule has 0 atom stereocenters. The summed E-state index contributed by atoms with van der Waals surface area (Å²) in [6.45, 7) is -0.198. The number of carbonyl (C=O) groups excluding carboxylic acids is 3. The molecule has 0 saturated heterocycles. The van der Waals surface area contributed by atoms with Gasteiger partial charge in [0.05, 0.1) is 6.54 Å². The van der Waals surface area contributed by atoms with Crippen molar-refractivity contribution in [3.63, 3.8) is 0 Å². The largest absolute Gasteiger partial charge is 0.343 e. The van der Waals surface area contributed by atoms with Gasteiger partial charge in [0, 0.05) is 31.5 Å². The Bertz CT molecular complexity index is 1380. The van der Waals surface area contributed by atoms with Gasteiger partial charge in [-0.2, -0.15) is 0 Å². The van der Waals surface area contributed by atoms with Gasteiger partial charge in [-0.05, 0) is 36.4 Å². The van der Waals surface area contributed by atoms with Gasteiger partial charge in [0.1, 0.15) is 5.70 Å². The zero-order valence-corrected chi connectivity index (χ0v) is 20.1. The Kier molecular flexibility index (Phi) is 7.88. The fourth-order valence-corrected chi connectivity index (χ4v) is 4.59. The minimum Gasteiger partial charge on any atom is -0.343 e. The molecule has 0 aliphatic carbocycles. The Morgan fingerprint density at radius 1 is 0.771 bits per heavy atom. The Morgan fingerprint density at radius 3 is 2.09 bits per heavy atom. The van der Waals surface area contributed by atoms with E-state index in [2.05, 4.69) is 10.6 Å². The van der Waals surface area contributed by atoms with Crippen LogP contribution >= 0.6 is 22.9 Å². The van der Waals surface area contributed by atoms with Crippen LogP contribution < -0.4 is 10.6 Å². The lowest BCUT2D eigenvalue weighted by atomic mass is 10.1. The van der Waals surface area contributed by atoms with Crippen LogP contribution in [-0.2, 0) is 4.79 Å². The van der Waals surface area contributed by atoms with Crippen molar-refractivity contribution in [3.8, 4) is 10.4 Å². The van der Waals surface area contributed by atoms with Crippen molar-refractivity contribution in [2.45, 2.75) is 0 Å². The first-order chi connectivity index (χ1) is 17.0. The zero-order valence-electron chi connectivity index (χ0n) is 18.5. The van der Waals surface area contributed by atoms with Crippen LogP contribution in [0.5, 0.6) is 0 Å². The maximum Gasteiger partial charge on any atom is 0.268 e. The first-order valence-corrected chi connectivity index (χ1v) is 12.0. The summed E-state index contributed by atoms with van der Waals surface area (Å²) in [5.74, 6) is -1.22. The summed E-state index contributed by atoms with van der Waals surface area (Å²) in [7, 11) is 0. The highest BCUT2D eigenvalue weighted by atomic mass is 35.5. The molecule has 3 aromatic carbocycles. The molecular formula is C28H21ClN2O3S. The lowest BCUT2D eigenvalue weighted by Gasteiger charge is -2.11.